The maximum atomic E-state index is 12.7. The normalized spacial score (nSPS) is 22.3. The van der Waals surface area contributed by atoms with Crippen LogP contribution in [0.5, 0.6) is 0 Å². The molecule has 2 heterocycles. The van der Waals surface area contributed by atoms with Crippen molar-refractivity contribution in [2.24, 2.45) is 11.8 Å². The van der Waals surface area contributed by atoms with Crippen LogP contribution in [0.25, 0.3) is 0 Å². The molecule has 1 aromatic rings. The van der Waals surface area contributed by atoms with E-state index in [9.17, 15) is 14.9 Å². The summed E-state index contributed by atoms with van der Waals surface area (Å²) in [6.07, 6.45) is 2.31. The van der Waals surface area contributed by atoms with Gasteiger partial charge in [-0.25, -0.2) is 0 Å². The molecule has 1 atom stereocenters. The number of hydrogen-bond acceptors (Lipinski definition) is 3. The molecule has 2 aliphatic rings. The lowest BCUT2D eigenvalue weighted by Crippen LogP contribution is -2.42. The van der Waals surface area contributed by atoms with Gasteiger partial charge in [0.05, 0.1) is 17.2 Å². The fourth-order valence-electron chi connectivity index (χ4n) is 3.40. The van der Waals surface area contributed by atoms with E-state index in [1.54, 1.807) is 23.1 Å². The second-order valence-electron chi connectivity index (χ2n) is 6.54. The molecule has 0 N–H and O–H groups in total. The highest BCUT2D eigenvalue weighted by molar-refractivity contribution is 6.01. The van der Waals surface area contributed by atoms with Gasteiger partial charge >= 0.3 is 0 Å². The third kappa shape index (κ3) is 3.07. The van der Waals surface area contributed by atoms with Gasteiger partial charge in [-0.1, -0.05) is 19.1 Å². The monoisotopic (exact) mass is 311 g/mol. The van der Waals surface area contributed by atoms with Gasteiger partial charge in [-0.05, 0) is 30.9 Å². The van der Waals surface area contributed by atoms with Gasteiger partial charge in [0.25, 0.3) is 0 Å². The van der Waals surface area contributed by atoms with E-state index in [4.69, 9.17) is 0 Å². The molecule has 0 radical (unpaired) electrons. The van der Waals surface area contributed by atoms with Gasteiger partial charge in [-0.3, -0.25) is 9.59 Å². The highest BCUT2D eigenvalue weighted by Crippen LogP contribution is 2.29. The predicted octanol–water partition coefficient (Wildman–Crippen LogP) is 2.17. The standard InChI is InChI=1S/C18H21N3O2/c1-13-6-8-20(9-7-13)18(23)15-10-17(22)21(12-15)16-5-3-2-4-14(16)11-19/h2-5,13,15H,6-10,12H2,1H3. The summed E-state index contributed by atoms with van der Waals surface area (Å²) in [7, 11) is 0. The Balaban J connectivity index is 1.72. The molecule has 0 aliphatic carbocycles. The molecule has 3 rings (SSSR count). The number of carbonyl (C=O) groups is 2. The van der Waals surface area contributed by atoms with Crippen LogP contribution in [0.3, 0.4) is 0 Å². The minimum Gasteiger partial charge on any atom is -0.342 e. The Hall–Kier alpha value is -2.35. The Labute approximate surface area is 136 Å². The van der Waals surface area contributed by atoms with Gasteiger partial charge in [-0.15, -0.1) is 0 Å². The average molecular weight is 311 g/mol. The molecule has 2 aliphatic heterocycles. The smallest absolute Gasteiger partial charge is 0.228 e. The molecule has 5 nitrogen and oxygen atoms in total. The first-order valence-electron chi connectivity index (χ1n) is 8.18. The Bertz CT molecular complexity index is 656. The van der Waals surface area contributed by atoms with Gasteiger partial charge in [0.2, 0.25) is 11.8 Å². The zero-order valence-corrected chi connectivity index (χ0v) is 13.4. The van der Waals surface area contributed by atoms with Crippen molar-refractivity contribution < 1.29 is 9.59 Å². The van der Waals surface area contributed by atoms with Gasteiger partial charge in [0.1, 0.15) is 6.07 Å². The number of carbonyl (C=O) groups excluding carboxylic acids is 2. The number of hydrogen-bond donors (Lipinski definition) is 0. The summed E-state index contributed by atoms with van der Waals surface area (Å²) in [5, 5.41) is 9.21. The summed E-state index contributed by atoms with van der Waals surface area (Å²) >= 11 is 0. The molecule has 1 aromatic carbocycles. The molecule has 2 fully saturated rings. The third-order valence-corrected chi connectivity index (χ3v) is 4.88. The fraction of sp³-hybridized carbons (Fsp3) is 0.500. The van der Waals surface area contributed by atoms with Crippen molar-refractivity contribution in [3.05, 3.63) is 29.8 Å². The molecule has 0 bridgehead atoms. The van der Waals surface area contributed by atoms with Crippen LogP contribution >= 0.6 is 0 Å². The van der Waals surface area contributed by atoms with Crippen LogP contribution in [0.15, 0.2) is 24.3 Å². The van der Waals surface area contributed by atoms with E-state index in [-0.39, 0.29) is 24.2 Å². The summed E-state index contributed by atoms with van der Waals surface area (Å²) in [6, 6.07) is 9.17. The first-order chi connectivity index (χ1) is 11.1. The number of nitrogens with zero attached hydrogens (tertiary/aromatic N) is 3. The van der Waals surface area contributed by atoms with Crippen molar-refractivity contribution in [1.82, 2.24) is 4.90 Å². The lowest BCUT2D eigenvalue weighted by molar-refractivity contribution is -0.137. The predicted molar refractivity (Wildman–Crippen MR) is 86.6 cm³/mol. The number of anilines is 1. The van der Waals surface area contributed by atoms with Crippen molar-refractivity contribution in [2.45, 2.75) is 26.2 Å². The van der Waals surface area contributed by atoms with Crippen LogP contribution in [0, 0.1) is 23.2 Å². The number of amides is 2. The average Bonchev–Trinajstić information content (AvgIpc) is 2.96. The van der Waals surface area contributed by atoms with E-state index in [1.807, 2.05) is 11.0 Å². The fourth-order valence-corrected chi connectivity index (χ4v) is 3.40. The van der Waals surface area contributed by atoms with E-state index in [0.29, 0.717) is 23.7 Å². The van der Waals surface area contributed by atoms with Crippen LogP contribution in [0.2, 0.25) is 0 Å². The van der Waals surface area contributed by atoms with Crippen molar-refractivity contribution in [1.29, 1.82) is 5.26 Å². The first kappa shape index (κ1) is 15.5. The molecule has 5 heteroatoms. The molecule has 120 valence electrons. The molecule has 0 aromatic heterocycles. The highest BCUT2D eigenvalue weighted by atomic mass is 16.2. The summed E-state index contributed by atoms with van der Waals surface area (Å²) in [5.41, 5.74) is 1.09. The summed E-state index contributed by atoms with van der Waals surface area (Å²) in [4.78, 5) is 28.5. The largest absolute Gasteiger partial charge is 0.342 e. The Morgan fingerprint density at radius 3 is 2.65 bits per heavy atom. The van der Waals surface area contributed by atoms with Gasteiger partial charge in [0, 0.05) is 26.1 Å². The Morgan fingerprint density at radius 2 is 1.96 bits per heavy atom. The lowest BCUT2D eigenvalue weighted by atomic mass is 9.97. The van der Waals surface area contributed by atoms with Gasteiger partial charge in [-0.2, -0.15) is 5.26 Å². The molecule has 23 heavy (non-hydrogen) atoms. The zero-order chi connectivity index (χ0) is 16.4. The molecule has 0 saturated carbocycles. The molecular formula is C18H21N3O2. The lowest BCUT2D eigenvalue weighted by Gasteiger charge is -2.32. The number of benzene rings is 1. The number of nitriles is 1. The van der Waals surface area contributed by atoms with Crippen LogP contribution in [-0.4, -0.2) is 36.3 Å². The quantitative estimate of drug-likeness (QED) is 0.841. The van der Waals surface area contributed by atoms with Crippen LogP contribution < -0.4 is 4.90 Å². The minimum atomic E-state index is -0.289. The summed E-state index contributed by atoms with van der Waals surface area (Å²) in [5.74, 6) is 0.393. The number of likely N-dealkylation sites (tertiary alicyclic amines) is 1. The highest BCUT2D eigenvalue weighted by Gasteiger charge is 2.38. The first-order valence-corrected chi connectivity index (χ1v) is 8.18. The van der Waals surface area contributed by atoms with Crippen LogP contribution in [0.4, 0.5) is 5.69 Å². The summed E-state index contributed by atoms with van der Waals surface area (Å²) in [6.45, 7) is 4.17. The van der Waals surface area contributed by atoms with E-state index >= 15 is 0 Å². The molecule has 0 spiro atoms. The number of piperidine rings is 1. The van der Waals surface area contributed by atoms with Crippen molar-refractivity contribution in [2.75, 3.05) is 24.5 Å². The summed E-state index contributed by atoms with van der Waals surface area (Å²) < 4.78 is 0. The third-order valence-electron chi connectivity index (χ3n) is 4.88. The van der Waals surface area contributed by atoms with E-state index < -0.39 is 0 Å². The molecule has 2 amide bonds. The van der Waals surface area contributed by atoms with Crippen molar-refractivity contribution in [3.63, 3.8) is 0 Å². The topological polar surface area (TPSA) is 64.4 Å². The second kappa shape index (κ2) is 6.41. The van der Waals surface area contributed by atoms with E-state index in [2.05, 4.69) is 13.0 Å². The maximum Gasteiger partial charge on any atom is 0.228 e. The molecular weight excluding hydrogens is 290 g/mol. The Morgan fingerprint density at radius 1 is 1.26 bits per heavy atom. The van der Waals surface area contributed by atoms with Crippen molar-refractivity contribution in [3.8, 4) is 6.07 Å². The van der Waals surface area contributed by atoms with Crippen LogP contribution in [0.1, 0.15) is 31.7 Å². The maximum absolute atomic E-state index is 12.7. The molecule has 2 saturated heterocycles. The van der Waals surface area contributed by atoms with Gasteiger partial charge in [0.15, 0.2) is 0 Å². The zero-order valence-electron chi connectivity index (χ0n) is 13.4. The number of rotatable bonds is 2. The molecule has 1 unspecified atom stereocenters. The SMILES string of the molecule is CC1CCN(C(=O)C2CC(=O)N(c3ccccc3C#N)C2)CC1. The minimum absolute atomic E-state index is 0.0728. The van der Waals surface area contributed by atoms with E-state index in [0.717, 1.165) is 25.9 Å². The Kier molecular flexibility index (Phi) is 4.33. The van der Waals surface area contributed by atoms with E-state index in [1.165, 1.54) is 0 Å². The van der Waals surface area contributed by atoms with Gasteiger partial charge < -0.3 is 9.80 Å². The van der Waals surface area contributed by atoms with Crippen molar-refractivity contribution >= 4 is 17.5 Å². The second-order valence-corrected chi connectivity index (χ2v) is 6.54. The number of para-hydroxylation sites is 1. The van der Waals surface area contributed by atoms with Crippen LogP contribution in [-0.2, 0) is 9.59 Å².